The molecular formula is C14H15BrFNO4. The molecule has 0 aliphatic carbocycles. The molecule has 114 valence electrons. The summed E-state index contributed by atoms with van der Waals surface area (Å²) in [6, 6.07) is 3.68. The fourth-order valence-electron chi connectivity index (χ4n) is 1.95. The maximum absolute atomic E-state index is 13.1. The number of nitrogens with one attached hydrogen (secondary N) is 1. The molecule has 1 N–H and O–H groups in total. The van der Waals surface area contributed by atoms with Crippen LogP contribution in [0.25, 0.3) is 0 Å². The molecule has 2 rings (SSSR count). The quantitative estimate of drug-likeness (QED) is 0.817. The Bertz CT molecular complexity index is 532. The summed E-state index contributed by atoms with van der Waals surface area (Å²) in [5, 5.41) is 2.63. The van der Waals surface area contributed by atoms with Crippen LogP contribution in [0.2, 0.25) is 0 Å². The SMILES string of the molecule is O=C(COC(=O)c1cc(F)ccc1Br)NCC1CCCO1. The maximum atomic E-state index is 13.1. The van der Waals surface area contributed by atoms with E-state index in [1.807, 2.05) is 0 Å². The summed E-state index contributed by atoms with van der Waals surface area (Å²) < 4.78 is 23.7. The van der Waals surface area contributed by atoms with Crippen molar-refractivity contribution in [2.24, 2.45) is 0 Å². The van der Waals surface area contributed by atoms with Gasteiger partial charge in [-0.15, -0.1) is 0 Å². The summed E-state index contributed by atoms with van der Waals surface area (Å²) in [6.45, 7) is 0.706. The molecule has 0 aromatic heterocycles. The second-order valence-corrected chi connectivity index (χ2v) is 5.49. The predicted molar refractivity (Wildman–Crippen MR) is 76.4 cm³/mol. The molecule has 0 saturated carbocycles. The van der Waals surface area contributed by atoms with E-state index in [2.05, 4.69) is 21.2 Å². The molecule has 5 nitrogen and oxygen atoms in total. The predicted octanol–water partition coefficient (Wildman–Crippen LogP) is 2.04. The fraction of sp³-hybridized carbons (Fsp3) is 0.429. The minimum Gasteiger partial charge on any atom is -0.452 e. The molecule has 0 radical (unpaired) electrons. The summed E-state index contributed by atoms with van der Waals surface area (Å²) in [5.41, 5.74) is 0.0435. The zero-order chi connectivity index (χ0) is 15.2. The molecule has 21 heavy (non-hydrogen) atoms. The molecule has 1 unspecified atom stereocenters. The Morgan fingerprint density at radius 3 is 3.00 bits per heavy atom. The number of ether oxygens (including phenoxy) is 2. The van der Waals surface area contributed by atoms with E-state index in [4.69, 9.17) is 9.47 Å². The van der Waals surface area contributed by atoms with Crippen LogP contribution in [0.1, 0.15) is 23.2 Å². The molecule has 1 aromatic carbocycles. The van der Waals surface area contributed by atoms with Gasteiger partial charge in [-0.1, -0.05) is 0 Å². The Kier molecular flexibility index (Phi) is 5.69. The molecule has 1 aromatic rings. The zero-order valence-electron chi connectivity index (χ0n) is 11.2. The number of carbonyl (C=O) groups is 2. The highest BCUT2D eigenvalue weighted by Gasteiger charge is 2.17. The molecule has 1 fully saturated rings. The normalized spacial score (nSPS) is 17.5. The molecule has 1 amide bonds. The number of hydrogen-bond acceptors (Lipinski definition) is 4. The molecular weight excluding hydrogens is 345 g/mol. The Morgan fingerprint density at radius 2 is 2.29 bits per heavy atom. The van der Waals surface area contributed by atoms with Crippen LogP contribution in [-0.2, 0) is 14.3 Å². The van der Waals surface area contributed by atoms with Crippen molar-refractivity contribution in [2.75, 3.05) is 19.8 Å². The second-order valence-electron chi connectivity index (χ2n) is 4.64. The molecule has 1 saturated heterocycles. The van der Waals surface area contributed by atoms with Crippen molar-refractivity contribution in [1.82, 2.24) is 5.32 Å². The molecule has 1 aliphatic rings. The first-order valence-corrected chi connectivity index (χ1v) is 7.36. The van der Waals surface area contributed by atoms with Gasteiger partial charge in [-0.05, 0) is 47.0 Å². The van der Waals surface area contributed by atoms with Gasteiger partial charge in [0.05, 0.1) is 11.7 Å². The summed E-state index contributed by atoms with van der Waals surface area (Å²) in [5.74, 6) is -1.71. The largest absolute Gasteiger partial charge is 0.452 e. The number of benzene rings is 1. The standard InChI is InChI=1S/C14H15BrFNO4/c15-12-4-3-9(16)6-11(12)14(19)21-8-13(18)17-7-10-2-1-5-20-10/h3-4,6,10H,1-2,5,7-8H2,(H,17,18). The van der Waals surface area contributed by atoms with Crippen LogP contribution in [0.3, 0.4) is 0 Å². The Labute approximate surface area is 129 Å². The number of esters is 1. The van der Waals surface area contributed by atoms with Gasteiger partial charge in [0.1, 0.15) is 5.82 Å². The van der Waals surface area contributed by atoms with Gasteiger partial charge in [-0.3, -0.25) is 4.79 Å². The van der Waals surface area contributed by atoms with Crippen LogP contribution < -0.4 is 5.32 Å². The molecule has 0 bridgehead atoms. The van der Waals surface area contributed by atoms with Crippen LogP contribution in [0, 0.1) is 5.82 Å². The lowest BCUT2D eigenvalue weighted by atomic mass is 10.2. The minimum atomic E-state index is -0.756. The van der Waals surface area contributed by atoms with Crippen LogP contribution in [0.5, 0.6) is 0 Å². The van der Waals surface area contributed by atoms with E-state index in [1.54, 1.807) is 0 Å². The van der Waals surface area contributed by atoms with Gasteiger partial charge in [0.25, 0.3) is 5.91 Å². The highest BCUT2D eigenvalue weighted by Crippen LogP contribution is 2.18. The molecule has 1 heterocycles. The summed E-state index contributed by atoms with van der Waals surface area (Å²) in [7, 11) is 0. The summed E-state index contributed by atoms with van der Waals surface area (Å²) in [4.78, 5) is 23.3. The third-order valence-electron chi connectivity index (χ3n) is 3.03. The lowest BCUT2D eigenvalue weighted by Gasteiger charge is -2.11. The van der Waals surface area contributed by atoms with Crippen LogP contribution in [-0.4, -0.2) is 37.7 Å². The van der Waals surface area contributed by atoms with Gasteiger partial charge in [-0.2, -0.15) is 0 Å². The van der Waals surface area contributed by atoms with Crippen molar-refractivity contribution in [2.45, 2.75) is 18.9 Å². The van der Waals surface area contributed by atoms with Crippen molar-refractivity contribution in [3.63, 3.8) is 0 Å². The van der Waals surface area contributed by atoms with E-state index >= 15 is 0 Å². The molecule has 0 spiro atoms. The average Bonchev–Trinajstić information content (AvgIpc) is 2.98. The van der Waals surface area contributed by atoms with Crippen LogP contribution in [0.4, 0.5) is 4.39 Å². The van der Waals surface area contributed by atoms with E-state index in [1.165, 1.54) is 12.1 Å². The third kappa shape index (κ3) is 4.78. The summed E-state index contributed by atoms with van der Waals surface area (Å²) in [6.07, 6.45) is 1.93. The van der Waals surface area contributed by atoms with Crippen LogP contribution >= 0.6 is 15.9 Å². The van der Waals surface area contributed by atoms with Gasteiger partial charge in [0.2, 0.25) is 0 Å². The maximum Gasteiger partial charge on any atom is 0.339 e. The van der Waals surface area contributed by atoms with Gasteiger partial charge in [0, 0.05) is 17.6 Å². The molecule has 7 heteroatoms. The number of carbonyl (C=O) groups excluding carboxylic acids is 2. The first-order valence-electron chi connectivity index (χ1n) is 6.57. The Balaban J connectivity index is 1.77. The highest BCUT2D eigenvalue weighted by molar-refractivity contribution is 9.10. The lowest BCUT2D eigenvalue weighted by Crippen LogP contribution is -2.34. The van der Waals surface area contributed by atoms with E-state index < -0.39 is 24.3 Å². The van der Waals surface area contributed by atoms with Crippen LogP contribution in [0.15, 0.2) is 22.7 Å². The van der Waals surface area contributed by atoms with Crippen molar-refractivity contribution in [3.05, 3.63) is 34.1 Å². The molecule has 1 aliphatic heterocycles. The number of hydrogen-bond donors (Lipinski definition) is 1. The van der Waals surface area contributed by atoms with E-state index in [9.17, 15) is 14.0 Å². The topological polar surface area (TPSA) is 64.6 Å². The number of rotatable bonds is 5. The van der Waals surface area contributed by atoms with E-state index in [0.717, 1.165) is 18.9 Å². The smallest absolute Gasteiger partial charge is 0.339 e. The number of halogens is 2. The molecule has 1 atom stereocenters. The highest BCUT2D eigenvalue weighted by atomic mass is 79.9. The van der Waals surface area contributed by atoms with Gasteiger partial charge >= 0.3 is 5.97 Å². The Morgan fingerprint density at radius 1 is 1.48 bits per heavy atom. The zero-order valence-corrected chi connectivity index (χ0v) is 12.8. The van der Waals surface area contributed by atoms with Crippen molar-refractivity contribution in [3.8, 4) is 0 Å². The van der Waals surface area contributed by atoms with E-state index in [0.29, 0.717) is 17.6 Å². The van der Waals surface area contributed by atoms with E-state index in [-0.39, 0.29) is 11.7 Å². The first kappa shape index (κ1) is 15.9. The van der Waals surface area contributed by atoms with Gasteiger partial charge in [0.15, 0.2) is 6.61 Å². The van der Waals surface area contributed by atoms with Crippen molar-refractivity contribution >= 4 is 27.8 Å². The van der Waals surface area contributed by atoms with Crippen molar-refractivity contribution in [1.29, 1.82) is 0 Å². The second kappa shape index (κ2) is 7.51. The number of amides is 1. The Hall–Kier alpha value is -1.47. The van der Waals surface area contributed by atoms with Gasteiger partial charge < -0.3 is 14.8 Å². The lowest BCUT2D eigenvalue weighted by molar-refractivity contribution is -0.124. The minimum absolute atomic E-state index is 0.0296. The fourth-order valence-corrected chi connectivity index (χ4v) is 2.36. The van der Waals surface area contributed by atoms with Crippen molar-refractivity contribution < 1.29 is 23.5 Å². The monoisotopic (exact) mass is 359 g/mol. The van der Waals surface area contributed by atoms with Gasteiger partial charge in [-0.25, -0.2) is 9.18 Å². The average molecular weight is 360 g/mol. The summed E-state index contributed by atoms with van der Waals surface area (Å²) >= 11 is 3.13. The third-order valence-corrected chi connectivity index (χ3v) is 3.73. The first-order chi connectivity index (χ1) is 10.1.